The number of aromatic nitrogens is 3. The summed E-state index contributed by atoms with van der Waals surface area (Å²) in [6, 6.07) is 8.62. The average molecular weight is 331 g/mol. The van der Waals surface area contributed by atoms with Crippen LogP contribution in [0.25, 0.3) is 11.4 Å². The maximum absolute atomic E-state index is 10.9. The zero-order chi connectivity index (χ0) is 16.2. The molecule has 0 amide bonds. The highest BCUT2D eigenvalue weighted by molar-refractivity contribution is 7.99. The van der Waals surface area contributed by atoms with Crippen LogP contribution < -0.4 is 0 Å². The molecule has 1 fully saturated rings. The lowest BCUT2D eigenvalue weighted by Crippen LogP contribution is -2.15. The van der Waals surface area contributed by atoms with Crippen molar-refractivity contribution in [1.29, 1.82) is 0 Å². The second-order valence-electron chi connectivity index (χ2n) is 6.02. The molecule has 23 heavy (non-hydrogen) atoms. The smallest absolute Gasteiger partial charge is 0.313 e. The summed E-state index contributed by atoms with van der Waals surface area (Å²) < 4.78 is 2.16. The lowest BCUT2D eigenvalue weighted by molar-refractivity contribution is -0.133. The molecule has 1 aromatic carbocycles. The van der Waals surface area contributed by atoms with E-state index in [4.69, 9.17) is 5.11 Å². The topological polar surface area (TPSA) is 68.0 Å². The standard InChI is InChI=1S/C17H21N3O2S/c1-12-7-9-13(10-8-12)16-18-19-17(23-11-15(21)22)20(16)14-5-3-2-4-6-14/h7-10,14H,2-6,11H2,1H3,(H,21,22). The molecule has 1 aromatic heterocycles. The van der Waals surface area contributed by atoms with Crippen molar-refractivity contribution in [1.82, 2.24) is 14.8 Å². The zero-order valence-corrected chi connectivity index (χ0v) is 14.1. The number of hydrogen-bond donors (Lipinski definition) is 1. The molecule has 0 saturated heterocycles. The highest BCUT2D eigenvalue weighted by Crippen LogP contribution is 2.35. The van der Waals surface area contributed by atoms with Crippen molar-refractivity contribution in [3.05, 3.63) is 29.8 Å². The quantitative estimate of drug-likeness (QED) is 0.841. The fourth-order valence-corrected chi connectivity index (χ4v) is 3.80. The molecular weight excluding hydrogens is 310 g/mol. The summed E-state index contributed by atoms with van der Waals surface area (Å²) in [5.41, 5.74) is 2.24. The maximum atomic E-state index is 10.9. The molecule has 0 spiro atoms. The van der Waals surface area contributed by atoms with E-state index in [2.05, 4.69) is 46.0 Å². The van der Waals surface area contributed by atoms with E-state index in [1.807, 2.05) is 0 Å². The van der Waals surface area contributed by atoms with Gasteiger partial charge in [-0.2, -0.15) is 0 Å². The SMILES string of the molecule is Cc1ccc(-c2nnc(SCC(=O)O)n2C2CCCCC2)cc1. The Bertz CT molecular complexity index is 676. The minimum atomic E-state index is -0.829. The van der Waals surface area contributed by atoms with Crippen LogP contribution in [0.3, 0.4) is 0 Å². The van der Waals surface area contributed by atoms with Gasteiger partial charge in [0.15, 0.2) is 11.0 Å². The fraction of sp³-hybridized carbons (Fsp3) is 0.471. The van der Waals surface area contributed by atoms with Gasteiger partial charge in [-0.1, -0.05) is 60.9 Å². The third kappa shape index (κ3) is 3.75. The monoisotopic (exact) mass is 331 g/mol. The molecule has 0 unspecified atom stereocenters. The zero-order valence-electron chi connectivity index (χ0n) is 13.2. The molecule has 0 radical (unpaired) electrons. The lowest BCUT2D eigenvalue weighted by atomic mass is 9.95. The highest BCUT2D eigenvalue weighted by atomic mass is 32.2. The van der Waals surface area contributed by atoms with Crippen molar-refractivity contribution >= 4 is 17.7 Å². The van der Waals surface area contributed by atoms with Gasteiger partial charge in [-0.15, -0.1) is 10.2 Å². The number of carboxylic acids is 1. The number of hydrogen-bond acceptors (Lipinski definition) is 4. The Morgan fingerprint density at radius 3 is 2.57 bits per heavy atom. The second kappa shape index (κ2) is 7.17. The van der Waals surface area contributed by atoms with Gasteiger partial charge in [0.2, 0.25) is 0 Å². The van der Waals surface area contributed by atoms with Gasteiger partial charge in [-0.25, -0.2) is 0 Å². The first-order valence-electron chi connectivity index (χ1n) is 8.01. The Kier molecular flexibility index (Phi) is 5.00. The van der Waals surface area contributed by atoms with Crippen LogP contribution in [0, 0.1) is 6.92 Å². The number of carboxylic acid groups (broad SMARTS) is 1. The van der Waals surface area contributed by atoms with Crippen LogP contribution in [0.5, 0.6) is 0 Å². The molecular formula is C17H21N3O2S. The molecule has 1 aliphatic rings. The molecule has 122 valence electrons. The Labute approximate surface area is 140 Å². The van der Waals surface area contributed by atoms with Crippen LogP contribution in [-0.2, 0) is 4.79 Å². The number of nitrogens with zero attached hydrogens (tertiary/aromatic N) is 3. The van der Waals surface area contributed by atoms with E-state index >= 15 is 0 Å². The normalized spacial score (nSPS) is 15.7. The molecule has 1 N–H and O–H groups in total. The molecule has 1 heterocycles. The van der Waals surface area contributed by atoms with Gasteiger partial charge in [0, 0.05) is 11.6 Å². The summed E-state index contributed by atoms with van der Waals surface area (Å²) in [6.45, 7) is 2.06. The van der Waals surface area contributed by atoms with Crippen LogP contribution >= 0.6 is 11.8 Å². The van der Waals surface area contributed by atoms with Crippen LogP contribution in [-0.4, -0.2) is 31.6 Å². The molecule has 1 saturated carbocycles. The minimum Gasteiger partial charge on any atom is -0.481 e. The lowest BCUT2D eigenvalue weighted by Gasteiger charge is -2.25. The van der Waals surface area contributed by atoms with E-state index in [1.54, 1.807) is 0 Å². The first-order valence-corrected chi connectivity index (χ1v) is 9.00. The first kappa shape index (κ1) is 16.1. The summed E-state index contributed by atoms with van der Waals surface area (Å²) in [5, 5.41) is 18.3. The first-order chi connectivity index (χ1) is 11.1. The number of aryl methyl sites for hydroxylation is 1. The molecule has 0 bridgehead atoms. The maximum Gasteiger partial charge on any atom is 0.313 e. The van der Waals surface area contributed by atoms with Crippen molar-refractivity contribution in [3.8, 4) is 11.4 Å². The number of benzene rings is 1. The molecule has 0 aliphatic heterocycles. The Morgan fingerprint density at radius 2 is 1.91 bits per heavy atom. The van der Waals surface area contributed by atoms with Crippen LogP contribution in [0.15, 0.2) is 29.4 Å². The number of aliphatic carboxylic acids is 1. The second-order valence-corrected chi connectivity index (χ2v) is 6.96. The van der Waals surface area contributed by atoms with E-state index in [0.29, 0.717) is 6.04 Å². The van der Waals surface area contributed by atoms with Crippen LogP contribution in [0.1, 0.15) is 43.7 Å². The van der Waals surface area contributed by atoms with Gasteiger partial charge in [0.1, 0.15) is 0 Å². The van der Waals surface area contributed by atoms with Crippen molar-refractivity contribution in [2.45, 2.75) is 50.2 Å². The summed E-state index contributed by atoms with van der Waals surface area (Å²) in [4.78, 5) is 10.9. The van der Waals surface area contributed by atoms with Gasteiger partial charge in [0.25, 0.3) is 0 Å². The van der Waals surface area contributed by atoms with Gasteiger partial charge in [-0.3, -0.25) is 9.36 Å². The van der Waals surface area contributed by atoms with Crippen LogP contribution in [0.4, 0.5) is 0 Å². The highest BCUT2D eigenvalue weighted by Gasteiger charge is 2.24. The molecule has 3 rings (SSSR count). The molecule has 6 heteroatoms. The van der Waals surface area contributed by atoms with E-state index < -0.39 is 5.97 Å². The predicted octanol–water partition coefficient (Wildman–Crippen LogP) is 3.94. The Hall–Kier alpha value is -1.82. The van der Waals surface area contributed by atoms with Crippen molar-refractivity contribution in [2.75, 3.05) is 5.75 Å². The van der Waals surface area contributed by atoms with Gasteiger partial charge in [0.05, 0.1) is 5.75 Å². The average Bonchev–Trinajstić information content (AvgIpc) is 2.98. The molecule has 2 aromatic rings. The molecule has 1 aliphatic carbocycles. The summed E-state index contributed by atoms with van der Waals surface area (Å²) in [7, 11) is 0. The van der Waals surface area contributed by atoms with Crippen LogP contribution in [0.2, 0.25) is 0 Å². The summed E-state index contributed by atoms with van der Waals surface area (Å²) >= 11 is 1.26. The number of rotatable bonds is 5. The van der Waals surface area contributed by atoms with E-state index in [1.165, 1.54) is 36.6 Å². The molecule has 5 nitrogen and oxygen atoms in total. The van der Waals surface area contributed by atoms with Crippen molar-refractivity contribution in [2.24, 2.45) is 0 Å². The van der Waals surface area contributed by atoms with Crippen molar-refractivity contribution < 1.29 is 9.90 Å². The van der Waals surface area contributed by atoms with Gasteiger partial charge >= 0.3 is 5.97 Å². The minimum absolute atomic E-state index is 0.0126. The largest absolute Gasteiger partial charge is 0.481 e. The van der Waals surface area contributed by atoms with E-state index in [0.717, 1.165) is 29.4 Å². The van der Waals surface area contributed by atoms with Gasteiger partial charge in [-0.05, 0) is 19.8 Å². The van der Waals surface area contributed by atoms with Gasteiger partial charge < -0.3 is 5.11 Å². The van der Waals surface area contributed by atoms with Crippen molar-refractivity contribution in [3.63, 3.8) is 0 Å². The predicted molar refractivity (Wildman–Crippen MR) is 90.7 cm³/mol. The summed E-state index contributed by atoms with van der Waals surface area (Å²) in [6.07, 6.45) is 5.91. The fourth-order valence-electron chi connectivity index (χ4n) is 3.07. The third-order valence-electron chi connectivity index (χ3n) is 4.24. The van der Waals surface area contributed by atoms with E-state index in [-0.39, 0.29) is 5.75 Å². The van der Waals surface area contributed by atoms with E-state index in [9.17, 15) is 4.79 Å². The molecule has 0 atom stereocenters. The third-order valence-corrected chi connectivity index (χ3v) is 5.17. The Balaban J connectivity index is 1.97. The summed E-state index contributed by atoms with van der Waals surface area (Å²) in [5.74, 6) is 0.0357. The number of carbonyl (C=O) groups is 1. The Morgan fingerprint density at radius 1 is 1.22 bits per heavy atom. The number of thioether (sulfide) groups is 1.